The molecule has 0 aliphatic heterocycles. The Hall–Kier alpha value is -1.46. The molecule has 21 heavy (non-hydrogen) atoms. The van der Waals surface area contributed by atoms with E-state index in [1.807, 2.05) is 37.7 Å². The first-order valence-corrected chi connectivity index (χ1v) is 7.95. The lowest BCUT2D eigenvalue weighted by atomic mass is 10.1. The van der Waals surface area contributed by atoms with Gasteiger partial charge in [-0.3, -0.25) is 0 Å². The molecule has 114 valence electrons. The molecule has 0 saturated heterocycles. The van der Waals surface area contributed by atoms with Gasteiger partial charge in [0.1, 0.15) is 12.4 Å². The van der Waals surface area contributed by atoms with Crippen LogP contribution in [0.1, 0.15) is 16.7 Å². The van der Waals surface area contributed by atoms with Gasteiger partial charge in [0.25, 0.3) is 0 Å². The number of thioether (sulfide) groups is 1. The number of ether oxygens (including phenoxy) is 1. The predicted molar refractivity (Wildman–Crippen MR) is 86.1 cm³/mol. The fraction of sp³-hybridized carbons (Fsp3) is 0.438. The quantitative estimate of drug-likeness (QED) is 0.834. The number of aryl methyl sites for hydroxylation is 3. The molecule has 1 aromatic heterocycles. The molecule has 2 rings (SSSR count). The summed E-state index contributed by atoms with van der Waals surface area (Å²) in [5.74, 6) is 1.45. The molecule has 5 heteroatoms. The van der Waals surface area contributed by atoms with E-state index < -0.39 is 6.10 Å². The highest BCUT2D eigenvalue weighted by Crippen LogP contribution is 2.26. The van der Waals surface area contributed by atoms with Gasteiger partial charge in [0, 0.05) is 25.2 Å². The maximum atomic E-state index is 10.1. The molecule has 0 spiro atoms. The zero-order chi connectivity index (χ0) is 15.4. The molecule has 4 nitrogen and oxygen atoms in total. The normalized spacial score (nSPS) is 12.4. The molecule has 0 fully saturated rings. The van der Waals surface area contributed by atoms with Crippen molar-refractivity contribution >= 4 is 11.8 Å². The number of hydrogen-bond donors (Lipinski definition) is 1. The van der Waals surface area contributed by atoms with Crippen molar-refractivity contribution in [3.8, 4) is 5.75 Å². The van der Waals surface area contributed by atoms with Gasteiger partial charge in [-0.2, -0.15) is 0 Å². The van der Waals surface area contributed by atoms with E-state index in [9.17, 15) is 5.11 Å². The number of hydrogen-bond acceptors (Lipinski definition) is 4. The summed E-state index contributed by atoms with van der Waals surface area (Å²) >= 11 is 1.53. The van der Waals surface area contributed by atoms with E-state index in [4.69, 9.17) is 4.74 Å². The van der Waals surface area contributed by atoms with Gasteiger partial charge in [-0.15, -0.1) is 0 Å². The van der Waals surface area contributed by atoms with E-state index in [1.165, 1.54) is 17.3 Å². The maximum absolute atomic E-state index is 10.1. The Balaban J connectivity index is 1.88. The molecule has 0 amide bonds. The van der Waals surface area contributed by atoms with Crippen molar-refractivity contribution in [2.45, 2.75) is 32.0 Å². The SMILES string of the molecule is Cc1ccc(C)c(OC[C@H](O)CSc2nccn2C)c1C. The van der Waals surface area contributed by atoms with E-state index in [0.29, 0.717) is 12.4 Å². The zero-order valence-corrected chi connectivity index (χ0v) is 13.8. The van der Waals surface area contributed by atoms with Crippen molar-refractivity contribution in [1.29, 1.82) is 0 Å². The van der Waals surface area contributed by atoms with Crippen LogP contribution in [0.5, 0.6) is 5.75 Å². The number of imidazole rings is 1. The van der Waals surface area contributed by atoms with Crippen molar-refractivity contribution in [3.05, 3.63) is 41.2 Å². The molecule has 0 aliphatic carbocycles. The summed E-state index contributed by atoms with van der Waals surface area (Å²) in [6.45, 7) is 6.43. The fourth-order valence-corrected chi connectivity index (χ4v) is 2.87. The summed E-state index contributed by atoms with van der Waals surface area (Å²) in [5, 5.41) is 11.0. The molecule has 0 radical (unpaired) electrons. The third-order valence-corrected chi connectivity index (χ3v) is 4.68. The van der Waals surface area contributed by atoms with Gasteiger partial charge in [-0.25, -0.2) is 4.98 Å². The highest BCUT2D eigenvalue weighted by molar-refractivity contribution is 7.99. The first-order valence-electron chi connectivity index (χ1n) is 6.97. The number of nitrogens with zero attached hydrogens (tertiary/aromatic N) is 2. The van der Waals surface area contributed by atoms with E-state index in [2.05, 4.69) is 18.0 Å². The second-order valence-corrected chi connectivity index (χ2v) is 6.24. The summed E-state index contributed by atoms with van der Waals surface area (Å²) < 4.78 is 7.76. The van der Waals surface area contributed by atoms with Crippen molar-refractivity contribution in [2.75, 3.05) is 12.4 Å². The number of aliphatic hydroxyl groups is 1. The molecule has 0 unspecified atom stereocenters. The van der Waals surface area contributed by atoms with Gasteiger partial charge in [-0.1, -0.05) is 23.9 Å². The summed E-state index contributed by atoms with van der Waals surface area (Å²) in [6, 6.07) is 4.14. The highest BCUT2D eigenvalue weighted by atomic mass is 32.2. The smallest absolute Gasteiger partial charge is 0.167 e. The Morgan fingerprint density at radius 3 is 2.67 bits per heavy atom. The molecular formula is C16H22N2O2S. The van der Waals surface area contributed by atoms with E-state index in [0.717, 1.165) is 22.0 Å². The third-order valence-electron chi connectivity index (χ3n) is 3.48. The largest absolute Gasteiger partial charge is 0.490 e. The number of benzene rings is 1. The first-order chi connectivity index (χ1) is 9.99. The lowest BCUT2D eigenvalue weighted by Gasteiger charge is -2.16. The van der Waals surface area contributed by atoms with Crippen LogP contribution in [0.4, 0.5) is 0 Å². The topological polar surface area (TPSA) is 47.3 Å². The molecule has 1 heterocycles. The Morgan fingerprint density at radius 2 is 2.00 bits per heavy atom. The van der Waals surface area contributed by atoms with Crippen LogP contribution in [0.25, 0.3) is 0 Å². The van der Waals surface area contributed by atoms with Gasteiger partial charge in [0.05, 0.1) is 6.10 Å². The summed E-state index contributed by atoms with van der Waals surface area (Å²) in [7, 11) is 1.94. The highest BCUT2D eigenvalue weighted by Gasteiger charge is 2.11. The second-order valence-electron chi connectivity index (χ2n) is 5.25. The minimum atomic E-state index is -0.522. The summed E-state index contributed by atoms with van der Waals surface area (Å²) in [5.41, 5.74) is 3.44. The zero-order valence-electron chi connectivity index (χ0n) is 13.0. The van der Waals surface area contributed by atoms with Crippen LogP contribution in [0, 0.1) is 20.8 Å². The van der Waals surface area contributed by atoms with Gasteiger partial charge >= 0.3 is 0 Å². The standard InChI is InChI=1S/C16H22N2O2S/c1-11-5-6-12(2)15(13(11)3)20-9-14(19)10-21-16-17-7-8-18(16)4/h5-8,14,19H,9-10H2,1-4H3/t14-/m0/s1. The molecular weight excluding hydrogens is 284 g/mol. The predicted octanol–water partition coefficient (Wildman–Crippen LogP) is 2.88. The lowest BCUT2D eigenvalue weighted by Crippen LogP contribution is -2.21. The van der Waals surface area contributed by atoms with Crippen LogP contribution < -0.4 is 4.74 Å². The van der Waals surface area contributed by atoms with Crippen LogP contribution in [-0.2, 0) is 7.05 Å². The van der Waals surface area contributed by atoms with Crippen LogP contribution in [0.2, 0.25) is 0 Å². The van der Waals surface area contributed by atoms with E-state index in [1.54, 1.807) is 6.20 Å². The maximum Gasteiger partial charge on any atom is 0.167 e. The molecule has 1 aromatic carbocycles. The third kappa shape index (κ3) is 4.02. The fourth-order valence-electron chi connectivity index (χ4n) is 2.04. The molecule has 2 aromatic rings. The van der Waals surface area contributed by atoms with Crippen molar-refractivity contribution in [1.82, 2.24) is 9.55 Å². The van der Waals surface area contributed by atoms with Crippen LogP contribution >= 0.6 is 11.8 Å². The number of rotatable bonds is 6. The number of aromatic nitrogens is 2. The number of aliphatic hydroxyl groups excluding tert-OH is 1. The monoisotopic (exact) mass is 306 g/mol. The second kappa shape index (κ2) is 7.00. The van der Waals surface area contributed by atoms with Gasteiger partial charge < -0.3 is 14.4 Å². The van der Waals surface area contributed by atoms with Gasteiger partial charge in [0.2, 0.25) is 0 Å². The van der Waals surface area contributed by atoms with Gasteiger partial charge in [-0.05, 0) is 37.5 Å². The first kappa shape index (κ1) is 15.9. The Labute approximate surface area is 130 Å². The van der Waals surface area contributed by atoms with Crippen molar-refractivity contribution in [2.24, 2.45) is 7.05 Å². The Kier molecular flexibility index (Phi) is 5.31. The average Bonchev–Trinajstić information content (AvgIpc) is 2.86. The lowest BCUT2D eigenvalue weighted by molar-refractivity contribution is 0.125. The molecule has 0 aliphatic rings. The van der Waals surface area contributed by atoms with Crippen molar-refractivity contribution < 1.29 is 9.84 Å². The van der Waals surface area contributed by atoms with Crippen LogP contribution in [0.3, 0.4) is 0 Å². The van der Waals surface area contributed by atoms with Gasteiger partial charge in [0.15, 0.2) is 5.16 Å². The molecule has 1 N–H and O–H groups in total. The minimum absolute atomic E-state index is 0.294. The molecule has 0 saturated carbocycles. The van der Waals surface area contributed by atoms with Crippen LogP contribution in [0.15, 0.2) is 29.7 Å². The summed E-state index contributed by atoms with van der Waals surface area (Å²) in [6.07, 6.45) is 3.13. The van der Waals surface area contributed by atoms with E-state index in [-0.39, 0.29) is 0 Å². The average molecular weight is 306 g/mol. The molecule has 1 atom stereocenters. The Morgan fingerprint density at radius 1 is 1.29 bits per heavy atom. The summed E-state index contributed by atoms with van der Waals surface area (Å²) in [4.78, 5) is 4.22. The Bertz CT molecular complexity index is 610. The van der Waals surface area contributed by atoms with E-state index >= 15 is 0 Å². The van der Waals surface area contributed by atoms with Crippen molar-refractivity contribution in [3.63, 3.8) is 0 Å². The van der Waals surface area contributed by atoms with Crippen LogP contribution in [-0.4, -0.2) is 33.1 Å². The minimum Gasteiger partial charge on any atom is -0.490 e. The molecule has 0 bridgehead atoms.